The van der Waals surface area contributed by atoms with Crippen LogP contribution in [0, 0.1) is 11.3 Å². The number of hydrogen-bond acceptors (Lipinski definition) is 3. The van der Waals surface area contributed by atoms with Crippen molar-refractivity contribution in [1.29, 1.82) is 5.26 Å². The summed E-state index contributed by atoms with van der Waals surface area (Å²) in [5.41, 5.74) is 0.970. The molecule has 1 aromatic rings. The quantitative estimate of drug-likeness (QED) is 0.771. The number of carbonyl (C=O) groups is 1. The Hall–Kier alpha value is -2.02. The second-order valence-electron chi connectivity index (χ2n) is 3.95. The molecule has 0 unspecified atom stereocenters. The number of likely N-dealkylation sites (N-methyl/N-ethyl adjacent to an activating group) is 1. The maximum atomic E-state index is 11.7. The molecule has 4 nitrogen and oxygen atoms in total. The number of para-hydroxylation sites is 1. The van der Waals surface area contributed by atoms with E-state index < -0.39 is 0 Å². The molecule has 17 heavy (non-hydrogen) atoms. The largest absolute Gasteiger partial charge is 0.361 e. The van der Waals surface area contributed by atoms with Crippen molar-refractivity contribution >= 4 is 11.6 Å². The van der Waals surface area contributed by atoms with Crippen molar-refractivity contribution < 1.29 is 4.79 Å². The number of rotatable bonds is 5. The molecule has 1 amide bonds. The first-order valence-corrected chi connectivity index (χ1v) is 5.52. The van der Waals surface area contributed by atoms with Gasteiger partial charge in [0.05, 0.1) is 19.0 Å². The fourth-order valence-electron chi connectivity index (χ4n) is 1.43. The van der Waals surface area contributed by atoms with E-state index in [-0.39, 0.29) is 5.91 Å². The Morgan fingerprint density at radius 3 is 2.47 bits per heavy atom. The normalized spacial score (nSPS) is 9.47. The molecule has 0 aliphatic carbocycles. The van der Waals surface area contributed by atoms with Crippen molar-refractivity contribution in [3.05, 3.63) is 30.3 Å². The van der Waals surface area contributed by atoms with E-state index in [0.29, 0.717) is 19.5 Å². The van der Waals surface area contributed by atoms with E-state index in [1.807, 2.05) is 35.2 Å². The highest BCUT2D eigenvalue weighted by atomic mass is 16.2. The van der Waals surface area contributed by atoms with Gasteiger partial charge in [-0.2, -0.15) is 5.26 Å². The fourth-order valence-corrected chi connectivity index (χ4v) is 1.43. The highest BCUT2D eigenvalue weighted by molar-refractivity contribution is 5.81. The van der Waals surface area contributed by atoms with E-state index in [0.717, 1.165) is 5.69 Å². The lowest BCUT2D eigenvalue weighted by Crippen LogP contribution is -2.37. The number of carbonyl (C=O) groups excluding carboxylic acids is 1. The molecule has 0 heterocycles. The van der Waals surface area contributed by atoms with E-state index in [2.05, 4.69) is 6.07 Å². The second kappa shape index (κ2) is 6.54. The van der Waals surface area contributed by atoms with Crippen molar-refractivity contribution in [1.82, 2.24) is 4.90 Å². The number of hydrogen-bond donors (Lipinski definition) is 0. The Balaban J connectivity index is 2.75. The molecule has 0 saturated carbocycles. The van der Waals surface area contributed by atoms with E-state index in [4.69, 9.17) is 5.26 Å². The predicted molar refractivity (Wildman–Crippen MR) is 67.6 cm³/mol. The number of benzene rings is 1. The molecule has 1 aromatic carbocycles. The summed E-state index contributed by atoms with van der Waals surface area (Å²) < 4.78 is 0. The molecular formula is C13H17N3O. The molecule has 0 aromatic heterocycles. The minimum absolute atomic E-state index is 0.0341. The smallest absolute Gasteiger partial charge is 0.241 e. The molecule has 0 N–H and O–H groups in total. The Morgan fingerprint density at radius 1 is 1.29 bits per heavy atom. The van der Waals surface area contributed by atoms with Gasteiger partial charge in [0.1, 0.15) is 0 Å². The van der Waals surface area contributed by atoms with Crippen molar-refractivity contribution in [2.75, 3.05) is 32.1 Å². The zero-order valence-corrected chi connectivity index (χ0v) is 10.3. The van der Waals surface area contributed by atoms with Gasteiger partial charge in [-0.3, -0.25) is 4.79 Å². The first kappa shape index (κ1) is 13.0. The third kappa shape index (κ3) is 4.15. The van der Waals surface area contributed by atoms with Gasteiger partial charge in [-0.05, 0) is 12.1 Å². The van der Waals surface area contributed by atoms with Crippen LogP contribution in [0.15, 0.2) is 30.3 Å². The maximum absolute atomic E-state index is 11.7. The molecule has 0 saturated heterocycles. The molecule has 0 radical (unpaired) electrons. The maximum Gasteiger partial charge on any atom is 0.241 e. The number of nitriles is 1. The SMILES string of the molecule is CN(C)C(=O)CN(CCC#N)c1ccccc1. The molecule has 0 fully saturated rings. The summed E-state index contributed by atoms with van der Waals surface area (Å²) in [5.74, 6) is 0.0341. The zero-order chi connectivity index (χ0) is 12.7. The minimum Gasteiger partial charge on any atom is -0.361 e. The average molecular weight is 231 g/mol. The first-order chi connectivity index (χ1) is 8.15. The summed E-state index contributed by atoms with van der Waals surface area (Å²) >= 11 is 0. The zero-order valence-electron chi connectivity index (χ0n) is 10.3. The van der Waals surface area contributed by atoms with Crippen LogP contribution in [0.3, 0.4) is 0 Å². The van der Waals surface area contributed by atoms with Gasteiger partial charge in [0.15, 0.2) is 0 Å². The fraction of sp³-hybridized carbons (Fsp3) is 0.385. The van der Waals surface area contributed by atoms with Crippen LogP contribution in [0.25, 0.3) is 0 Å². The van der Waals surface area contributed by atoms with E-state index in [1.54, 1.807) is 19.0 Å². The monoisotopic (exact) mass is 231 g/mol. The lowest BCUT2D eigenvalue weighted by atomic mass is 10.2. The standard InChI is InChI=1S/C13H17N3O/c1-15(2)13(17)11-16(10-6-9-14)12-7-4-3-5-8-12/h3-5,7-8H,6,10-11H2,1-2H3. The minimum atomic E-state index is 0.0341. The topological polar surface area (TPSA) is 47.3 Å². The van der Waals surface area contributed by atoms with Crippen molar-refractivity contribution in [2.45, 2.75) is 6.42 Å². The Kier molecular flexibility index (Phi) is 5.02. The van der Waals surface area contributed by atoms with Crippen LogP contribution in [-0.2, 0) is 4.79 Å². The molecule has 1 rings (SSSR count). The number of nitrogens with zero attached hydrogens (tertiary/aromatic N) is 3. The molecule has 0 bridgehead atoms. The summed E-state index contributed by atoms with van der Waals surface area (Å²) in [5, 5.41) is 8.63. The average Bonchev–Trinajstić information content (AvgIpc) is 2.35. The van der Waals surface area contributed by atoms with Gasteiger partial charge in [-0.15, -0.1) is 0 Å². The third-order valence-corrected chi connectivity index (χ3v) is 2.44. The van der Waals surface area contributed by atoms with Crippen LogP contribution in [0.4, 0.5) is 5.69 Å². The van der Waals surface area contributed by atoms with Crippen molar-refractivity contribution in [2.24, 2.45) is 0 Å². The summed E-state index contributed by atoms with van der Waals surface area (Å²) in [6.45, 7) is 0.874. The lowest BCUT2D eigenvalue weighted by molar-refractivity contribution is -0.127. The van der Waals surface area contributed by atoms with Gasteiger partial charge >= 0.3 is 0 Å². The highest BCUT2D eigenvalue weighted by Crippen LogP contribution is 2.13. The molecule has 0 spiro atoms. The summed E-state index contributed by atoms with van der Waals surface area (Å²) in [6.07, 6.45) is 0.412. The van der Waals surface area contributed by atoms with Gasteiger partial charge in [0.25, 0.3) is 0 Å². The van der Waals surface area contributed by atoms with Gasteiger partial charge in [-0.1, -0.05) is 18.2 Å². The van der Waals surface area contributed by atoms with Gasteiger partial charge in [0.2, 0.25) is 5.91 Å². The van der Waals surface area contributed by atoms with Crippen LogP contribution in [0.2, 0.25) is 0 Å². The molecular weight excluding hydrogens is 214 g/mol. The highest BCUT2D eigenvalue weighted by Gasteiger charge is 2.12. The van der Waals surface area contributed by atoms with E-state index in [9.17, 15) is 4.79 Å². The first-order valence-electron chi connectivity index (χ1n) is 5.52. The Labute approximate surface area is 102 Å². The van der Waals surface area contributed by atoms with E-state index >= 15 is 0 Å². The number of amides is 1. The van der Waals surface area contributed by atoms with Crippen LogP contribution < -0.4 is 4.90 Å². The second-order valence-corrected chi connectivity index (χ2v) is 3.95. The molecule has 0 aliphatic rings. The number of anilines is 1. The molecule has 0 aliphatic heterocycles. The summed E-state index contributed by atoms with van der Waals surface area (Å²) in [6, 6.07) is 11.8. The van der Waals surface area contributed by atoms with Crippen LogP contribution in [0.5, 0.6) is 0 Å². The van der Waals surface area contributed by atoms with Gasteiger partial charge in [0, 0.05) is 26.3 Å². The Bertz CT molecular complexity index is 395. The Morgan fingerprint density at radius 2 is 1.94 bits per heavy atom. The molecule has 0 atom stereocenters. The van der Waals surface area contributed by atoms with Gasteiger partial charge < -0.3 is 9.80 Å². The molecule has 4 heteroatoms. The van der Waals surface area contributed by atoms with Gasteiger partial charge in [-0.25, -0.2) is 0 Å². The third-order valence-electron chi connectivity index (χ3n) is 2.44. The van der Waals surface area contributed by atoms with Crippen LogP contribution >= 0.6 is 0 Å². The van der Waals surface area contributed by atoms with E-state index in [1.165, 1.54) is 0 Å². The van der Waals surface area contributed by atoms with Crippen molar-refractivity contribution in [3.63, 3.8) is 0 Å². The summed E-state index contributed by atoms with van der Waals surface area (Å²) in [4.78, 5) is 15.2. The van der Waals surface area contributed by atoms with Crippen LogP contribution in [-0.4, -0.2) is 38.0 Å². The molecule has 90 valence electrons. The summed E-state index contributed by atoms with van der Waals surface area (Å²) in [7, 11) is 3.46. The van der Waals surface area contributed by atoms with Crippen molar-refractivity contribution in [3.8, 4) is 6.07 Å². The van der Waals surface area contributed by atoms with Crippen LogP contribution in [0.1, 0.15) is 6.42 Å². The lowest BCUT2D eigenvalue weighted by Gasteiger charge is -2.24. The predicted octanol–water partition coefficient (Wildman–Crippen LogP) is 1.49.